The van der Waals surface area contributed by atoms with Gasteiger partial charge >= 0.3 is 12.0 Å². The summed E-state index contributed by atoms with van der Waals surface area (Å²) >= 11 is 0. The lowest BCUT2D eigenvalue weighted by atomic mass is 10.1. The number of nitrogens with one attached hydrogen (secondary N) is 2. The van der Waals surface area contributed by atoms with Gasteiger partial charge in [0.25, 0.3) is 0 Å². The number of anilines is 2. The molecule has 0 saturated heterocycles. The quantitative estimate of drug-likeness (QED) is 0.811. The van der Waals surface area contributed by atoms with E-state index in [1.807, 2.05) is 0 Å². The Morgan fingerprint density at radius 2 is 1.76 bits per heavy atom. The van der Waals surface area contributed by atoms with Gasteiger partial charge in [0.2, 0.25) is 0 Å². The summed E-state index contributed by atoms with van der Waals surface area (Å²) in [5, 5.41) is 5.41. The van der Waals surface area contributed by atoms with Crippen molar-refractivity contribution in [3.8, 4) is 5.75 Å². The molecule has 1 aromatic heterocycles. The maximum atomic E-state index is 12.2. The number of urea groups is 1. The molecule has 2 rings (SSSR count). The number of carbonyl (C=O) groups excluding carboxylic acids is 2. The van der Waals surface area contributed by atoms with Crippen molar-refractivity contribution in [3.63, 3.8) is 0 Å². The van der Waals surface area contributed by atoms with Crippen LogP contribution in [0.4, 0.5) is 16.2 Å². The van der Waals surface area contributed by atoms with E-state index >= 15 is 0 Å². The Morgan fingerprint density at radius 1 is 1.08 bits per heavy atom. The first-order chi connectivity index (χ1) is 11.9. The molecule has 2 amide bonds. The Balaban J connectivity index is 2.13. The molecule has 0 fully saturated rings. The molecule has 0 radical (unpaired) electrons. The number of rotatable bonds is 5. The van der Waals surface area contributed by atoms with Crippen LogP contribution in [0.2, 0.25) is 0 Å². The highest BCUT2D eigenvalue weighted by Crippen LogP contribution is 2.20. The lowest BCUT2D eigenvalue weighted by Crippen LogP contribution is -2.21. The highest BCUT2D eigenvalue weighted by molar-refractivity contribution is 6.01. The second-order valence-electron chi connectivity index (χ2n) is 5.28. The van der Waals surface area contributed by atoms with Gasteiger partial charge in [-0.1, -0.05) is 0 Å². The van der Waals surface area contributed by atoms with Crippen molar-refractivity contribution in [2.45, 2.75) is 20.8 Å². The first-order valence-electron chi connectivity index (χ1n) is 7.82. The summed E-state index contributed by atoms with van der Waals surface area (Å²) in [5.41, 5.74) is 2.54. The number of benzene rings is 1. The number of methoxy groups -OCH3 is 1. The standard InChI is InChI=1S/C18H21N3O4/c1-5-25-17(22)15-10-16(12(3)19-11(15)2)21-18(23)20-13-6-8-14(24-4)9-7-13/h6-10H,5H2,1-4H3,(H2,20,21,23). The Kier molecular flexibility index (Phi) is 5.94. The van der Waals surface area contributed by atoms with Crippen LogP contribution in [0.25, 0.3) is 0 Å². The Hall–Kier alpha value is -3.09. The molecule has 0 spiro atoms. The zero-order valence-electron chi connectivity index (χ0n) is 14.7. The van der Waals surface area contributed by atoms with E-state index in [4.69, 9.17) is 9.47 Å². The largest absolute Gasteiger partial charge is 0.497 e. The number of esters is 1. The number of aromatic nitrogens is 1. The van der Waals surface area contributed by atoms with E-state index in [1.54, 1.807) is 58.2 Å². The molecule has 132 valence electrons. The van der Waals surface area contributed by atoms with Crippen molar-refractivity contribution in [2.24, 2.45) is 0 Å². The van der Waals surface area contributed by atoms with E-state index in [0.717, 1.165) is 0 Å². The summed E-state index contributed by atoms with van der Waals surface area (Å²) in [7, 11) is 1.57. The van der Waals surface area contributed by atoms with Gasteiger partial charge in [-0.3, -0.25) is 4.98 Å². The molecular formula is C18H21N3O4. The van der Waals surface area contributed by atoms with Crippen LogP contribution in [0.1, 0.15) is 28.7 Å². The number of ether oxygens (including phenoxy) is 2. The third-order valence-electron chi connectivity index (χ3n) is 3.50. The molecule has 0 aliphatic carbocycles. The third-order valence-corrected chi connectivity index (χ3v) is 3.50. The predicted octanol–water partition coefficient (Wildman–Crippen LogP) is 3.53. The summed E-state index contributed by atoms with van der Waals surface area (Å²) in [6.07, 6.45) is 0. The Morgan fingerprint density at radius 3 is 2.36 bits per heavy atom. The molecule has 2 N–H and O–H groups in total. The van der Waals surface area contributed by atoms with Gasteiger partial charge in [0.15, 0.2) is 0 Å². The minimum absolute atomic E-state index is 0.271. The Labute approximate surface area is 146 Å². The van der Waals surface area contributed by atoms with Crippen LogP contribution < -0.4 is 15.4 Å². The number of carbonyl (C=O) groups is 2. The minimum Gasteiger partial charge on any atom is -0.497 e. The minimum atomic E-state index is -0.467. The van der Waals surface area contributed by atoms with Gasteiger partial charge in [-0.15, -0.1) is 0 Å². The van der Waals surface area contributed by atoms with Crippen LogP contribution in [0.3, 0.4) is 0 Å². The summed E-state index contributed by atoms with van der Waals surface area (Å²) < 4.78 is 10.1. The normalized spacial score (nSPS) is 10.1. The number of aryl methyl sites for hydroxylation is 2. The number of pyridine rings is 1. The maximum Gasteiger partial charge on any atom is 0.340 e. The average molecular weight is 343 g/mol. The zero-order chi connectivity index (χ0) is 18.4. The molecule has 7 nitrogen and oxygen atoms in total. The van der Waals surface area contributed by atoms with Gasteiger partial charge < -0.3 is 20.1 Å². The maximum absolute atomic E-state index is 12.2. The molecule has 0 atom stereocenters. The van der Waals surface area contributed by atoms with Gasteiger partial charge in [-0.05, 0) is 51.1 Å². The Bertz CT molecular complexity index is 773. The lowest BCUT2D eigenvalue weighted by Gasteiger charge is -2.13. The molecule has 0 aliphatic rings. The SMILES string of the molecule is CCOC(=O)c1cc(NC(=O)Nc2ccc(OC)cc2)c(C)nc1C. The zero-order valence-corrected chi connectivity index (χ0v) is 14.7. The number of hydrogen-bond acceptors (Lipinski definition) is 5. The molecule has 1 aromatic carbocycles. The van der Waals surface area contributed by atoms with Crippen LogP contribution in [-0.2, 0) is 4.74 Å². The summed E-state index contributed by atoms with van der Waals surface area (Å²) in [6.45, 7) is 5.48. The second kappa shape index (κ2) is 8.14. The van der Waals surface area contributed by atoms with Crippen molar-refractivity contribution in [3.05, 3.63) is 47.3 Å². The number of amides is 2. The van der Waals surface area contributed by atoms with Crippen molar-refractivity contribution >= 4 is 23.4 Å². The fourth-order valence-corrected chi connectivity index (χ4v) is 2.23. The second-order valence-corrected chi connectivity index (χ2v) is 5.28. The van der Waals surface area contributed by atoms with E-state index in [1.165, 1.54) is 0 Å². The molecule has 0 saturated carbocycles. The summed E-state index contributed by atoms with van der Waals surface area (Å²) in [4.78, 5) is 28.4. The fourth-order valence-electron chi connectivity index (χ4n) is 2.23. The molecule has 0 bridgehead atoms. The monoisotopic (exact) mass is 343 g/mol. The molecular weight excluding hydrogens is 322 g/mol. The number of hydrogen-bond donors (Lipinski definition) is 2. The first kappa shape index (κ1) is 18.3. The van der Waals surface area contributed by atoms with E-state index in [-0.39, 0.29) is 6.61 Å². The van der Waals surface area contributed by atoms with Crippen LogP contribution in [0.15, 0.2) is 30.3 Å². The van der Waals surface area contributed by atoms with Gasteiger partial charge in [0.1, 0.15) is 5.75 Å². The first-order valence-corrected chi connectivity index (χ1v) is 7.82. The topological polar surface area (TPSA) is 89.5 Å². The highest BCUT2D eigenvalue weighted by Gasteiger charge is 2.15. The van der Waals surface area contributed by atoms with Crippen LogP contribution in [-0.4, -0.2) is 30.7 Å². The van der Waals surface area contributed by atoms with E-state index in [2.05, 4.69) is 15.6 Å². The van der Waals surface area contributed by atoms with Gasteiger partial charge in [0.05, 0.1) is 36.4 Å². The average Bonchev–Trinajstić information content (AvgIpc) is 2.58. The highest BCUT2D eigenvalue weighted by atomic mass is 16.5. The van der Waals surface area contributed by atoms with Gasteiger partial charge in [-0.25, -0.2) is 9.59 Å². The molecule has 0 aliphatic heterocycles. The third kappa shape index (κ3) is 4.69. The van der Waals surface area contributed by atoms with Crippen LogP contribution in [0.5, 0.6) is 5.75 Å². The van der Waals surface area contributed by atoms with Gasteiger partial charge in [0, 0.05) is 5.69 Å². The lowest BCUT2D eigenvalue weighted by molar-refractivity contribution is 0.0525. The molecule has 25 heavy (non-hydrogen) atoms. The van der Waals surface area contributed by atoms with E-state index in [9.17, 15) is 9.59 Å². The summed E-state index contributed by atoms with van der Waals surface area (Å²) in [5.74, 6) is 0.231. The van der Waals surface area contributed by atoms with Crippen molar-refractivity contribution in [1.29, 1.82) is 0 Å². The van der Waals surface area contributed by atoms with Crippen molar-refractivity contribution in [1.82, 2.24) is 4.98 Å². The van der Waals surface area contributed by atoms with Crippen LogP contribution >= 0.6 is 0 Å². The molecule has 7 heteroatoms. The molecule has 0 unspecified atom stereocenters. The number of nitrogens with zero attached hydrogens (tertiary/aromatic N) is 1. The fraction of sp³-hybridized carbons (Fsp3) is 0.278. The van der Waals surface area contributed by atoms with Crippen molar-refractivity contribution in [2.75, 3.05) is 24.4 Å². The smallest absolute Gasteiger partial charge is 0.340 e. The van der Waals surface area contributed by atoms with Crippen molar-refractivity contribution < 1.29 is 19.1 Å². The van der Waals surface area contributed by atoms with E-state index in [0.29, 0.717) is 34.1 Å². The molecule has 1 heterocycles. The molecule has 2 aromatic rings. The van der Waals surface area contributed by atoms with Gasteiger partial charge in [-0.2, -0.15) is 0 Å². The summed E-state index contributed by atoms with van der Waals surface area (Å²) in [6, 6.07) is 8.07. The van der Waals surface area contributed by atoms with Crippen LogP contribution in [0, 0.1) is 13.8 Å². The van der Waals surface area contributed by atoms with E-state index < -0.39 is 12.0 Å². The predicted molar refractivity (Wildman–Crippen MR) is 95.3 cm³/mol.